The van der Waals surface area contributed by atoms with Gasteiger partial charge in [0.1, 0.15) is 12.6 Å². The van der Waals surface area contributed by atoms with Crippen LogP contribution in [-0.4, -0.2) is 42.1 Å². The van der Waals surface area contributed by atoms with Crippen LogP contribution in [0.25, 0.3) is 10.9 Å². The fourth-order valence-corrected chi connectivity index (χ4v) is 3.77. The number of carbonyl (C=O) groups is 1. The number of ether oxygens (including phenoxy) is 3. The summed E-state index contributed by atoms with van der Waals surface area (Å²) in [5.41, 5.74) is 2.04. The summed E-state index contributed by atoms with van der Waals surface area (Å²) in [5, 5.41) is 1.15. The molecule has 2 unspecified atom stereocenters. The molecule has 2 saturated heterocycles. The Labute approximate surface area is 141 Å². The molecule has 0 N–H and O–H groups in total. The molecule has 2 aliphatic rings. The van der Waals surface area contributed by atoms with E-state index in [0.29, 0.717) is 13.2 Å². The second-order valence-corrected chi connectivity index (χ2v) is 6.94. The minimum absolute atomic E-state index is 0.0722. The Bertz CT molecular complexity index is 745. The van der Waals surface area contributed by atoms with Crippen molar-refractivity contribution < 1.29 is 19.0 Å². The number of aryl methyl sites for hydroxylation is 1. The van der Waals surface area contributed by atoms with Crippen molar-refractivity contribution in [2.24, 2.45) is 0 Å². The molecule has 0 amide bonds. The molecule has 2 aliphatic heterocycles. The number of carbonyl (C=O) groups excluding carboxylic acids is 1. The Morgan fingerprint density at radius 1 is 1.38 bits per heavy atom. The predicted octanol–water partition coefficient (Wildman–Crippen LogP) is 2.83. The fourth-order valence-electron chi connectivity index (χ4n) is 3.77. The summed E-state index contributed by atoms with van der Waals surface area (Å²) in [6.07, 6.45) is 4.27. The lowest BCUT2D eigenvalue weighted by Crippen LogP contribution is -2.44. The maximum absolute atomic E-state index is 12.4. The lowest BCUT2D eigenvalue weighted by atomic mass is 9.91. The summed E-state index contributed by atoms with van der Waals surface area (Å²) in [7, 11) is 0. The van der Waals surface area contributed by atoms with Crippen molar-refractivity contribution in [1.82, 2.24) is 4.57 Å². The predicted molar refractivity (Wildman–Crippen MR) is 89.9 cm³/mol. The number of aromatic nitrogens is 1. The summed E-state index contributed by atoms with van der Waals surface area (Å²) >= 11 is 0. The summed E-state index contributed by atoms with van der Waals surface area (Å²) in [6.45, 7) is 4.29. The van der Waals surface area contributed by atoms with Crippen molar-refractivity contribution in [3.8, 4) is 0 Å². The molecule has 5 heteroatoms. The van der Waals surface area contributed by atoms with Crippen LogP contribution in [0.4, 0.5) is 0 Å². The van der Waals surface area contributed by atoms with Crippen molar-refractivity contribution in [2.45, 2.75) is 44.4 Å². The zero-order chi connectivity index (χ0) is 16.6. The van der Waals surface area contributed by atoms with E-state index in [0.717, 1.165) is 36.8 Å². The van der Waals surface area contributed by atoms with Gasteiger partial charge in [-0.15, -0.1) is 0 Å². The Balaban J connectivity index is 1.41. The molecule has 3 heterocycles. The van der Waals surface area contributed by atoms with Crippen LogP contribution >= 0.6 is 0 Å². The maximum atomic E-state index is 12.4. The van der Waals surface area contributed by atoms with Gasteiger partial charge in [0.05, 0.1) is 18.8 Å². The highest BCUT2D eigenvalue weighted by Gasteiger charge is 2.42. The average Bonchev–Trinajstić information content (AvgIpc) is 3.15. The molecule has 128 valence electrons. The van der Waals surface area contributed by atoms with E-state index in [4.69, 9.17) is 14.2 Å². The quantitative estimate of drug-likeness (QED) is 0.813. The molecule has 1 aromatic heterocycles. The van der Waals surface area contributed by atoms with E-state index in [1.807, 2.05) is 16.8 Å². The van der Waals surface area contributed by atoms with E-state index in [9.17, 15) is 4.79 Å². The summed E-state index contributed by atoms with van der Waals surface area (Å²) in [5.74, 6) is -0.186. The average molecular weight is 329 g/mol. The third-order valence-corrected chi connectivity index (χ3v) is 5.04. The first-order valence-corrected chi connectivity index (χ1v) is 8.60. The third-order valence-electron chi connectivity index (χ3n) is 5.04. The number of hydrogen-bond donors (Lipinski definition) is 0. The van der Waals surface area contributed by atoms with Crippen LogP contribution in [0.2, 0.25) is 0 Å². The van der Waals surface area contributed by atoms with Crippen molar-refractivity contribution in [2.75, 3.05) is 19.8 Å². The Morgan fingerprint density at radius 3 is 3.12 bits per heavy atom. The van der Waals surface area contributed by atoms with E-state index in [1.165, 1.54) is 5.56 Å². The number of rotatable bonds is 3. The van der Waals surface area contributed by atoms with Crippen molar-refractivity contribution in [3.63, 3.8) is 0 Å². The van der Waals surface area contributed by atoms with Gasteiger partial charge in [0.2, 0.25) is 0 Å². The van der Waals surface area contributed by atoms with Gasteiger partial charge in [0.15, 0.2) is 0 Å². The van der Waals surface area contributed by atoms with Crippen LogP contribution in [-0.2, 0) is 25.5 Å². The second kappa shape index (κ2) is 6.22. The largest absolute Gasteiger partial charge is 0.461 e. The molecule has 0 bridgehead atoms. The number of nitrogens with zero attached hydrogens (tertiary/aromatic N) is 1. The normalized spacial score (nSPS) is 27.0. The molecule has 0 aliphatic carbocycles. The highest BCUT2D eigenvalue weighted by atomic mass is 16.6. The number of benzene rings is 1. The first-order chi connectivity index (χ1) is 11.6. The lowest BCUT2D eigenvalue weighted by molar-refractivity contribution is -0.166. The van der Waals surface area contributed by atoms with E-state index in [2.05, 4.69) is 25.1 Å². The maximum Gasteiger partial charge on any atom is 0.326 e. The molecular formula is C19H23NO4. The number of fused-ring (bicyclic) bond motifs is 1. The van der Waals surface area contributed by atoms with E-state index >= 15 is 0 Å². The molecule has 1 aromatic carbocycles. The first-order valence-electron chi connectivity index (χ1n) is 8.60. The van der Waals surface area contributed by atoms with Gasteiger partial charge < -0.3 is 18.8 Å². The highest BCUT2D eigenvalue weighted by molar-refractivity contribution is 5.82. The Hall–Kier alpha value is -1.85. The minimum Gasteiger partial charge on any atom is -0.461 e. The molecule has 0 saturated carbocycles. The van der Waals surface area contributed by atoms with Gasteiger partial charge in [0.25, 0.3) is 0 Å². The van der Waals surface area contributed by atoms with Gasteiger partial charge in [0, 0.05) is 37.6 Å². The standard InChI is InChI=1S/C19H23NO4/c1-14-2-3-17-15(10-14)4-7-20(17)12-18(21)24-16-5-8-23-19(11-16)6-9-22-13-19/h2-4,7,10,16H,5-6,8-9,11-13H2,1H3. The molecule has 4 rings (SSSR count). The molecular weight excluding hydrogens is 306 g/mol. The third kappa shape index (κ3) is 3.06. The minimum atomic E-state index is -0.235. The summed E-state index contributed by atoms with van der Waals surface area (Å²) < 4.78 is 19.0. The topological polar surface area (TPSA) is 49.7 Å². The molecule has 2 aromatic rings. The van der Waals surface area contributed by atoms with Crippen molar-refractivity contribution in [3.05, 3.63) is 36.0 Å². The fraction of sp³-hybridized carbons (Fsp3) is 0.526. The summed E-state index contributed by atoms with van der Waals surface area (Å²) in [4.78, 5) is 12.4. The monoisotopic (exact) mass is 329 g/mol. The molecule has 2 atom stereocenters. The van der Waals surface area contributed by atoms with Gasteiger partial charge in [-0.25, -0.2) is 0 Å². The Morgan fingerprint density at radius 2 is 2.29 bits per heavy atom. The molecule has 24 heavy (non-hydrogen) atoms. The van der Waals surface area contributed by atoms with Crippen molar-refractivity contribution in [1.29, 1.82) is 0 Å². The van der Waals surface area contributed by atoms with Gasteiger partial charge >= 0.3 is 5.97 Å². The SMILES string of the molecule is Cc1ccc2c(ccn2CC(=O)OC2CCOC3(CCOC3)C2)c1. The van der Waals surface area contributed by atoms with Crippen LogP contribution < -0.4 is 0 Å². The van der Waals surface area contributed by atoms with E-state index < -0.39 is 0 Å². The number of hydrogen-bond acceptors (Lipinski definition) is 4. The number of esters is 1. The highest BCUT2D eigenvalue weighted by Crippen LogP contribution is 2.34. The molecule has 0 radical (unpaired) electrons. The second-order valence-electron chi connectivity index (χ2n) is 6.94. The Kier molecular flexibility index (Phi) is 4.06. The first kappa shape index (κ1) is 15.7. The zero-order valence-corrected chi connectivity index (χ0v) is 14.0. The van der Waals surface area contributed by atoms with Crippen LogP contribution in [0, 0.1) is 6.92 Å². The van der Waals surface area contributed by atoms with Crippen LogP contribution in [0.1, 0.15) is 24.8 Å². The van der Waals surface area contributed by atoms with Crippen LogP contribution in [0.5, 0.6) is 0 Å². The van der Waals surface area contributed by atoms with Crippen molar-refractivity contribution >= 4 is 16.9 Å². The van der Waals surface area contributed by atoms with Gasteiger partial charge in [-0.2, -0.15) is 0 Å². The van der Waals surface area contributed by atoms with Gasteiger partial charge in [-0.1, -0.05) is 11.6 Å². The van der Waals surface area contributed by atoms with E-state index in [1.54, 1.807) is 0 Å². The van der Waals surface area contributed by atoms with Crippen LogP contribution in [0.15, 0.2) is 30.5 Å². The molecule has 1 spiro atoms. The molecule has 5 nitrogen and oxygen atoms in total. The zero-order valence-electron chi connectivity index (χ0n) is 14.0. The van der Waals surface area contributed by atoms with E-state index in [-0.39, 0.29) is 24.2 Å². The van der Waals surface area contributed by atoms with Crippen LogP contribution in [0.3, 0.4) is 0 Å². The smallest absolute Gasteiger partial charge is 0.326 e. The summed E-state index contributed by atoms with van der Waals surface area (Å²) in [6, 6.07) is 8.28. The van der Waals surface area contributed by atoms with Gasteiger partial charge in [-0.3, -0.25) is 4.79 Å². The molecule has 2 fully saturated rings. The van der Waals surface area contributed by atoms with Gasteiger partial charge in [-0.05, 0) is 30.5 Å². The lowest BCUT2D eigenvalue weighted by Gasteiger charge is -2.36.